The molecule has 0 spiro atoms. The number of nitrogens with zero attached hydrogens (tertiary/aromatic N) is 4. The second-order valence-electron chi connectivity index (χ2n) is 6.37. The third kappa shape index (κ3) is 5.12. The summed E-state index contributed by atoms with van der Waals surface area (Å²) in [6.45, 7) is 8.67. The Morgan fingerprint density at radius 1 is 1.21 bits per heavy atom. The highest BCUT2D eigenvalue weighted by Crippen LogP contribution is 2.04. The van der Waals surface area contributed by atoms with Gasteiger partial charge in [-0.05, 0) is 18.9 Å². The van der Waals surface area contributed by atoms with Crippen LogP contribution in [0.25, 0.3) is 0 Å². The van der Waals surface area contributed by atoms with E-state index in [0.717, 1.165) is 58.2 Å². The lowest BCUT2D eigenvalue weighted by Gasteiger charge is -2.29. The molecule has 3 rings (SSSR count). The van der Waals surface area contributed by atoms with Crippen molar-refractivity contribution >= 4 is 0 Å². The van der Waals surface area contributed by atoms with Gasteiger partial charge in [-0.15, -0.1) is 10.2 Å². The van der Waals surface area contributed by atoms with Crippen molar-refractivity contribution in [1.82, 2.24) is 25.0 Å². The molecule has 1 aromatic carbocycles. The number of aryl methyl sites for hydroxylation is 2. The summed E-state index contributed by atoms with van der Waals surface area (Å²) in [5.41, 5.74) is 1.34. The quantitative estimate of drug-likeness (QED) is 0.792. The minimum absolute atomic E-state index is 0.419. The van der Waals surface area contributed by atoms with E-state index in [9.17, 15) is 0 Å². The standard InChI is InChI=1S/C18H27N5O/c1-16(14-22-9-11-24-12-10-22)19-13-18-21-20-15-23(18)8-7-17-5-3-2-4-6-17/h2-6,15-16,19H,7-14H2,1H3. The van der Waals surface area contributed by atoms with E-state index >= 15 is 0 Å². The van der Waals surface area contributed by atoms with E-state index in [2.05, 4.69) is 56.2 Å². The van der Waals surface area contributed by atoms with E-state index in [4.69, 9.17) is 4.74 Å². The summed E-state index contributed by atoms with van der Waals surface area (Å²) in [5, 5.41) is 11.9. The van der Waals surface area contributed by atoms with Crippen molar-refractivity contribution in [1.29, 1.82) is 0 Å². The lowest BCUT2D eigenvalue weighted by molar-refractivity contribution is 0.0343. The van der Waals surface area contributed by atoms with Gasteiger partial charge in [-0.2, -0.15) is 0 Å². The van der Waals surface area contributed by atoms with E-state index in [1.807, 2.05) is 12.4 Å². The maximum Gasteiger partial charge on any atom is 0.146 e. The predicted octanol–water partition coefficient (Wildman–Crippen LogP) is 1.33. The highest BCUT2D eigenvalue weighted by atomic mass is 16.5. The third-order valence-corrected chi connectivity index (χ3v) is 4.42. The first-order chi connectivity index (χ1) is 11.8. The van der Waals surface area contributed by atoms with E-state index in [1.165, 1.54) is 5.56 Å². The van der Waals surface area contributed by atoms with Gasteiger partial charge >= 0.3 is 0 Å². The molecular weight excluding hydrogens is 302 g/mol. The molecule has 0 amide bonds. The second kappa shape index (κ2) is 8.92. The maximum atomic E-state index is 5.40. The van der Waals surface area contributed by atoms with Crippen molar-refractivity contribution in [3.63, 3.8) is 0 Å². The monoisotopic (exact) mass is 329 g/mol. The van der Waals surface area contributed by atoms with Crippen LogP contribution in [0.3, 0.4) is 0 Å². The van der Waals surface area contributed by atoms with Gasteiger partial charge in [0.05, 0.1) is 19.8 Å². The van der Waals surface area contributed by atoms with Gasteiger partial charge in [-0.25, -0.2) is 0 Å². The molecule has 1 aromatic heterocycles. The number of ether oxygens (including phenoxy) is 1. The average Bonchev–Trinajstić information content (AvgIpc) is 3.07. The molecule has 0 saturated carbocycles. The van der Waals surface area contributed by atoms with Gasteiger partial charge in [-0.1, -0.05) is 30.3 Å². The number of aromatic nitrogens is 3. The van der Waals surface area contributed by atoms with Crippen molar-refractivity contribution in [3.8, 4) is 0 Å². The predicted molar refractivity (Wildman–Crippen MR) is 93.7 cm³/mol. The molecule has 1 aliphatic heterocycles. The number of hydrogen-bond acceptors (Lipinski definition) is 5. The van der Waals surface area contributed by atoms with Crippen LogP contribution in [0.5, 0.6) is 0 Å². The topological polar surface area (TPSA) is 55.2 Å². The summed E-state index contributed by atoms with van der Waals surface area (Å²) >= 11 is 0. The van der Waals surface area contributed by atoms with Crippen LogP contribution < -0.4 is 5.32 Å². The lowest BCUT2D eigenvalue weighted by Crippen LogP contribution is -2.44. The Morgan fingerprint density at radius 3 is 2.79 bits per heavy atom. The normalized spacial score (nSPS) is 17.0. The molecule has 2 heterocycles. The summed E-state index contributed by atoms with van der Waals surface area (Å²) in [4.78, 5) is 2.45. The fourth-order valence-electron chi connectivity index (χ4n) is 3.00. The number of benzene rings is 1. The van der Waals surface area contributed by atoms with E-state index in [-0.39, 0.29) is 0 Å². The van der Waals surface area contributed by atoms with Crippen molar-refractivity contribution < 1.29 is 4.74 Å². The zero-order valence-electron chi connectivity index (χ0n) is 14.4. The highest BCUT2D eigenvalue weighted by molar-refractivity contribution is 5.14. The first kappa shape index (κ1) is 17.1. The Hall–Kier alpha value is -1.76. The molecule has 1 aliphatic rings. The molecule has 1 unspecified atom stereocenters. The molecule has 1 fully saturated rings. The van der Waals surface area contributed by atoms with Crippen molar-refractivity contribution in [3.05, 3.63) is 48.0 Å². The van der Waals surface area contributed by atoms with Crippen LogP contribution in [0.15, 0.2) is 36.7 Å². The fourth-order valence-corrected chi connectivity index (χ4v) is 3.00. The lowest BCUT2D eigenvalue weighted by atomic mass is 10.1. The highest BCUT2D eigenvalue weighted by Gasteiger charge is 2.14. The van der Waals surface area contributed by atoms with Crippen molar-refractivity contribution in [2.24, 2.45) is 0 Å². The van der Waals surface area contributed by atoms with E-state index in [0.29, 0.717) is 6.04 Å². The Balaban J connectivity index is 1.44. The number of morpholine rings is 1. The van der Waals surface area contributed by atoms with Gasteiger partial charge in [0.1, 0.15) is 12.2 Å². The van der Waals surface area contributed by atoms with Crippen LogP contribution in [-0.2, 0) is 24.2 Å². The Kier molecular flexibility index (Phi) is 6.34. The Bertz CT molecular complexity index is 594. The summed E-state index contributed by atoms with van der Waals surface area (Å²) < 4.78 is 7.54. The third-order valence-electron chi connectivity index (χ3n) is 4.42. The minimum Gasteiger partial charge on any atom is -0.379 e. The second-order valence-corrected chi connectivity index (χ2v) is 6.37. The number of rotatable bonds is 8. The summed E-state index contributed by atoms with van der Waals surface area (Å²) in [5.74, 6) is 1.000. The Labute approximate surface area is 143 Å². The molecule has 6 nitrogen and oxygen atoms in total. The molecule has 2 aromatic rings. The van der Waals surface area contributed by atoms with Crippen molar-refractivity contribution in [2.75, 3.05) is 32.8 Å². The van der Waals surface area contributed by atoms with E-state index < -0.39 is 0 Å². The molecule has 6 heteroatoms. The molecule has 0 bridgehead atoms. The van der Waals surface area contributed by atoms with Gasteiger partial charge in [-0.3, -0.25) is 4.90 Å². The Morgan fingerprint density at radius 2 is 2.00 bits per heavy atom. The average molecular weight is 329 g/mol. The number of nitrogens with one attached hydrogen (secondary N) is 1. The molecular formula is C18H27N5O. The van der Waals surface area contributed by atoms with Gasteiger partial charge < -0.3 is 14.6 Å². The first-order valence-electron chi connectivity index (χ1n) is 8.75. The fraction of sp³-hybridized carbons (Fsp3) is 0.556. The number of hydrogen-bond donors (Lipinski definition) is 1. The van der Waals surface area contributed by atoms with Crippen LogP contribution in [0.2, 0.25) is 0 Å². The SMILES string of the molecule is CC(CN1CCOCC1)NCc1nncn1CCc1ccccc1. The summed E-state index contributed by atoms with van der Waals surface area (Å²) in [6, 6.07) is 10.9. The van der Waals surface area contributed by atoms with Crippen LogP contribution in [-0.4, -0.2) is 58.6 Å². The largest absolute Gasteiger partial charge is 0.379 e. The van der Waals surface area contributed by atoms with Gasteiger partial charge in [0.25, 0.3) is 0 Å². The molecule has 130 valence electrons. The van der Waals surface area contributed by atoms with Gasteiger partial charge in [0.2, 0.25) is 0 Å². The van der Waals surface area contributed by atoms with E-state index in [1.54, 1.807) is 0 Å². The first-order valence-corrected chi connectivity index (χ1v) is 8.75. The van der Waals surface area contributed by atoms with Crippen LogP contribution in [0, 0.1) is 0 Å². The summed E-state index contributed by atoms with van der Waals surface area (Å²) in [7, 11) is 0. The van der Waals surface area contributed by atoms with Gasteiger partial charge in [0, 0.05) is 32.2 Å². The molecule has 1 N–H and O–H groups in total. The summed E-state index contributed by atoms with van der Waals surface area (Å²) in [6.07, 6.45) is 2.82. The van der Waals surface area contributed by atoms with Gasteiger partial charge in [0.15, 0.2) is 0 Å². The molecule has 0 aliphatic carbocycles. The zero-order valence-corrected chi connectivity index (χ0v) is 14.4. The molecule has 1 atom stereocenters. The molecule has 0 radical (unpaired) electrons. The van der Waals surface area contributed by atoms with Crippen molar-refractivity contribution in [2.45, 2.75) is 32.5 Å². The molecule has 1 saturated heterocycles. The minimum atomic E-state index is 0.419. The van der Waals surface area contributed by atoms with Crippen LogP contribution in [0.4, 0.5) is 0 Å². The maximum absolute atomic E-state index is 5.40. The zero-order chi connectivity index (χ0) is 16.6. The van der Waals surface area contributed by atoms with Crippen LogP contribution in [0.1, 0.15) is 18.3 Å². The smallest absolute Gasteiger partial charge is 0.146 e. The van der Waals surface area contributed by atoms with Crippen LogP contribution >= 0.6 is 0 Å². The molecule has 24 heavy (non-hydrogen) atoms.